The Balaban J connectivity index is 0.664. The number of likely N-dealkylation sites (tertiary alicyclic amines) is 1. The third kappa shape index (κ3) is 20.1. The molecule has 3 aromatic heterocycles. The lowest BCUT2D eigenvalue weighted by Gasteiger charge is -2.35. The third-order valence-corrected chi connectivity index (χ3v) is 20.8. The number of aliphatic hydroxyl groups excluding tert-OH is 1. The molecule has 0 aliphatic carbocycles. The summed E-state index contributed by atoms with van der Waals surface area (Å²) in [5.41, 5.74) is 7.30. The number of aliphatic hydroxyl groups is 1. The second-order valence-corrected chi connectivity index (χ2v) is 30.2. The van der Waals surface area contributed by atoms with Crippen LogP contribution in [0, 0.1) is 38.5 Å². The zero-order chi connectivity index (χ0) is 75.1. The number of ether oxygens (including phenoxy) is 8. The van der Waals surface area contributed by atoms with Gasteiger partial charge in [0, 0.05) is 58.1 Å². The van der Waals surface area contributed by atoms with Crippen LogP contribution in [0.4, 0.5) is 5.69 Å². The molecule has 5 N–H and O–H groups in total. The molecule has 3 aromatic carbocycles. The van der Waals surface area contributed by atoms with E-state index in [4.69, 9.17) is 54.5 Å². The summed E-state index contributed by atoms with van der Waals surface area (Å²) in [5.74, 6) is -3.14. The molecule has 6 aromatic rings. The maximum Gasteiger partial charge on any atom is 0.308 e. The maximum absolute atomic E-state index is 14.5. The van der Waals surface area contributed by atoms with E-state index < -0.39 is 101 Å². The zero-order valence-electron chi connectivity index (χ0n) is 60.5. The fourth-order valence-electron chi connectivity index (χ4n) is 12.7. The predicted molar refractivity (Wildman–Crippen MR) is 391 cm³/mol. The van der Waals surface area contributed by atoms with Crippen molar-refractivity contribution in [1.29, 1.82) is 0 Å². The van der Waals surface area contributed by atoms with Gasteiger partial charge >= 0.3 is 5.97 Å². The average molecular weight is 1510 g/mol. The van der Waals surface area contributed by atoms with E-state index in [-0.39, 0.29) is 142 Å². The molecular formula is C74H92ClN11O17S2. The Morgan fingerprint density at radius 1 is 0.752 bits per heavy atom. The number of aliphatic imine (C=N–C) groups is 1. The minimum atomic E-state index is -1.09. The number of anilines is 1. The number of rotatable bonds is 37. The minimum absolute atomic E-state index is 0.00211. The number of nitrogens with one attached hydrogen (secondary N) is 4. The molecule has 4 aliphatic rings. The maximum atomic E-state index is 14.5. The van der Waals surface area contributed by atoms with Gasteiger partial charge in [-0.2, -0.15) is 0 Å². The van der Waals surface area contributed by atoms with E-state index in [0.717, 1.165) is 58.9 Å². The predicted octanol–water partition coefficient (Wildman–Crippen LogP) is 7.17. The fraction of sp³-hybridized carbons (Fsp3) is 0.514. The van der Waals surface area contributed by atoms with Crippen molar-refractivity contribution >= 4 is 93.0 Å². The van der Waals surface area contributed by atoms with Crippen LogP contribution in [0.25, 0.3) is 15.4 Å². The van der Waals surface area contributed by atoms with Crippen molar-refractivity contribution in [2.75, 3.05) is 118 Å². The SMILES string of the molecule is Cc1ncsc1-c1ccc([C@H](C)NC(=O)[C@@H]2C[C@@H](O)CN2C(=O)[C@@H](NC(=O)COCC(C)(COCCOCCOCCNc2cccc3c2C(=O)N(C2CCC(=O)NC2=O)C3=O)COCCOCCOCCOC(=O)C[C@@H]2N=C(c3ccc(Cl)cc3)c3c(sc(C)c3C)-n3c(C)nnc32)C(C)(C)C)cc1. The van der Waals surface area contributed by atoms with Crippen LogP contribution in [0.5, 0.6) is 0 Å². The van der Waals surface area contributed by atoms with Gasteiger partial charge in [-0.25, -0.2) is 4.98 Å². The number of imide groups is 2. The number of piperidine rings is 1. The molecule has 0 saturated carbocycles. The highest BCUT2D eigenvalue weighted by Gasteiger charge is 2.47. The van der Waals surface area contributed by atoms with Gasteiger partial charge in [0.05, 0.1) is 137 Å². The molecule has 31 heteroatoms. The molecule has 0 radical (unpaired) electrons. The zero-order valence-corrected chi connectivity index (χ0v) is 62.9. The van der Waals surface area contributed by atoms with Gasteiger partial charge in [-0.3, -0.25) is 58.1 Å². The van der Waals surface area contributed by atoms with Gasteiger partial charge < -0.3 is 63.9 Å². The molecule has 105 heavy (non-hydrogen) atoms. The lowest BCUT2D eigenvalue weighted by Crippen LogP contribution is -2.58. The molecule has 7 heterocycles. The molecule has 564 valence electrons. The van der Waals surface area contributed by atoms with Crippen molar-refractivity contribution in [1.82, 2.24) is 45.5 Å². The van der Waals surface area contributed by atoms with Crippen molar-refractivity contribution in [3.8, 4) is 15.4 Å². The first kappa shape index (κ1) is 79.3. The number of hydrogen-bond donors (Lipinski definition) is 5. The number of β-amino-alcohol motifs (C(OH)–C–C–N with tert-alkyl or cyclic N) is 1. The van der Waals surface area contributed by atoms with Gasteiger partial charge in [0.15, 0.2) is 5.82 Å². The van der Waals surface area contributed by atoms with Gasteiger partial charge in [-0.1, -0.05) is 81.8 Å². The highest BCUT2D eigenvalue weighted by molar-refractivity contribution is 7.15. The number of hydrogen-bond acceptors (Lipinski definition) is 24. The molecule has 2 fully saturated rings. The van der Waals surface area contributed by atoms with Crippen molar-refractivity contribution in [3.63, 3.8) is 0 Å². The van der Waals surface area contributed by atoms with Crippen LogP contribution in [0.2, 0.25) is 5.02 Å². The number of amides is 7. The largest absolute Gasteiger partial charge is 0.463 e. The number of carbonyl (C=O) groups excluding carboxylic acids is 8. The van der Waals surface area contributed by atoms with Crippen LogP contribution in [0.1, 0.15) is 138 Å². The number of carbonyl (C=O) groups is 8. The Morgan fingerprint density at radius 2 is 1.39 bits per heavy atom. The average Bonchev–Trinajstić information content (AvgIpc) is 1.60. The third-order valence-electron chi connectivity index (χ3n) is 18.4. The first-order valence-electron chi connectivity index (χ1n) is 35.0. The van der Waals surface area contributed by atoms with E-state index in [1.165, 1.54) is 11.0 Å². The van der Waals surface area contributed by atoms with Crippen LogP contribution in [-0.2, 0) is 66.7 Å². The van der Waals surface area contributed by atoms with Gasteiger partial charge in [-0.05, 0) is 87.4 Å². The normalized spacial score (nSPS) is 18.4. The second kappa shape index (κ2) is 36.4. The Hall–Kier alpha value is -8.27. The number of thiophene rings is 1. The molecule has 10 rings (SSSR count). The van der Waals surface area contributed by atoms with Crippen molar-refractivity contribution in [3.05, 3.63) is 133 Å². The molecule has 0 bridgehead atoms. The molecule has 7 amide bonds. The topological polar surface area (TPSA) is 341 Å². The number of benzene rings is 3. The van der Waals surface area contributed by atoms with Gasteiger partial charge in [0.25, 0.3) is 11.8 Å². The number of esters is 1. The monoisotopic (exact) mass is 1510 g/mol. The van der Waals surface area contributed by atoms with E-state index >= 15 is 0 Å². The van der Waals surface area contributed by atoms with Crippen LogP contribution in [0.3, 0.4) is 0 Å². The fourth-order valence-corrected chi connectivity index (χ4v) is 14.9. The number of halogens is 1. The van der Waals surface area contributed by atoms with E-state index in [0.29, 0.717) is 22.4 Å². The smallest absolute Gasteiger partial charge is 0.308 e. The van der Waals surface area contributed by atoms with Gasteiger partial charge in [-0.15, -0.1) is 32.9 Å². The number of nitrogens with zero attached hydrogens (tertiary/aromatic N) is 7. The summed E-state index contributed by atoms with van der Waals surface area (Å²) in [5, 5.41) is 32.5. The van der Waals surface area contributed by atoms with Crippen LogP contribution < -0.4 is 21.3 Å². The van der Waals surface area contributed by atoms with Crippen LogP contribution in [-0.4, -0.2) is 224 Å². The summed E-state index contributed by atoms with van der Waals surface area (Å²) < 4.78 is 49.0. The summed E-state index contributed by atoms with van der Waals surface area (Å²) in [6, 6.07) is 15.9. The van der Waals surface area contributed by atoms with E-state index in [1.807, 2.05) is 80.8 Å². The van der Waals surface area contributed by atoms with E-state index in [9.17, 15) is 43.5 Å². The Bertz CT molecular complexity index is 4120. The van der Waals surface area contributed by atoms with Crippen molar-refractivity contribution in [2.45, 2.75) is 124 Å². The summed E-state index contributed by atoms with van der Waals surface area (Å²) >= 11 is 9.45. The van der Waals surface area contributed by atoms with Gasteiger partial charge in [0.2, 0.25) is 29.5 Å². The first-order chi connectivity index (χ1) is 50.3. The van der Waals surface area contributed by atoms with E-state index in [1.54, 1.807) is 61.1 Å². The Morgan fingerprint density at radius 3 is 2.04 bits per heavy atom. The summed E-state index contributed by atoms with van der Waals surface area (Å²) in [4.78, 5) is 121. The van der Waals surface area contributed by atoms with Crippen LogP contribution in [0.15, 0.2) is 77.2 Å². The molecular weight excluding hydrogens is 1410 g/mol. The standard InChI is InChI=1S/C74H92ClN11O17S2/c1-43-46(4)105-72-61(43)63(49-17-19-51(75)20-18-49)79-55(66-83-82-47(5)85(66)72)36-60(90)103-34-33-99-28-27-98-30-32-101-40-74(9,39-100-31-29-97-26-25-96-24-23-76-54-12-10-11-53-62(54)70(94)86(69(53)93)56-21-22-58(88)81-67(56)91)41-102-38-59(89)80-65(73(6,7)8)71(95)84-37-52(87)35-57(84)68(92)78-44(2)48-13-15-50(16-14-48)64-45(3)77-42-104-64/h10-20,42,44,52,55-57,65,76,87H,21-41H2,1-9H3,(H,78,92)(H,80,89)(H,81,88,91)/t44-,52+,55-,56?,57-,65+,74?/m0/s1. The summed E-state index contributed by atoms with van der Waals surface area (Å²) in [6.45, 7) is 19.1. The molecule has 4 aliphatic heterocycles. The molecule has 7 atom stereocenters. The quantitative estimate of drug-likeness (QED) is 0.0146. The Labute approximate surface area is 622 Å². The number of aryl methyl sites for hydroxylation is 3. The second-order valence-electron chi connectivity index (χ2n) is 27.7. The van der Waals surface area contributed by atoms with Crippen molar-refractivity contribution in [2.24, 2.45) is 15.8 Å². The number of aromatic nitrogens is 4. The molecule has 0 spiro atoms. The molecule has 2 unspecified atom stereocenters. The van der Waals surface area contributed by atoms with Crippen molar-refractivity contribution < 1.29 is 81.4 Å². The number of thiazole rings is 1. The lowest BCUT2D eigenvalue weighted by atomic mass is 9.85. The molecule has 28 nitrogen and oxygen atoms in total. The highest BCUT2D eigenvalue weighted by atomic mass is 35.5. The van der Waals surface area contributed by atoms with E-state index in [2.05, 4.69) is 50.3 Å². The summed E-state index contributed by atoms with van der Waals surface area (Å²) in [6.07, 6.45) is -0.952. The van der Waals surface area contributed by atoms with Crippen LogP contribution >= 0.6 is 34.3 Å². The lowest BCUT2D eigenvalue weighted by molar-refractivity contribution is -0.146. The first-order valence-corrected chi connectivity index (χ1v) is 37.1. The highest BCUT2D eigenvalue weighted by Crippen LogP contribution is 2.41. The summed E-state index contributed by atoms with van der Waals surface area (Å²) in [7, 11) is 0. The van der Waals surface area contributed by atoms with Gasteiger partial charge in [0.1, 0.15) is 48.2 Å². The molecule has 2 saturated heterocycles. The number of fused-ring (bicyclic) bond motifs is 4. The Kier molecular flexibility index (Phi) is 27.5. The minimum Gasteiger partial charge on any atom is -0.463 e.